The van der Waals surface area contributed by atoms with Gasteiger partial charge in [0.2, 0.25) is 0 Å². The average Bonchev–Trinajstić information content (AvgIpc) is 2.72. The summed E-state index contributed by atoms with van der Waals surface area (Å²) in [4.78, 5) is 16.9. The molecule has 0 saturated heterocycles. The van der Waals surface area contributed by atoms with Gasteiger partial charge in [0.15, 0.2) is 0 Å². The molecule has 5 nitrogen and oxygen atoms in total. The lowest BCUT2D eigenvalue weighted by molar-refractivity contribution is -0.387. The van der Waals surface area contributed by atoms with Gasteiger partial charge < -0.3 is 4.84 Å². The molecule has 0 radical (unpaired) electrons. The van der Waals surface area contributed by atoms with Crippen molar-refractivity contribution in [2.75, 3.05) is 0 Å². The monoisotopic (exact) mass is 446 g/mol. The molecule has 0 aliphatic heterocycles. The van der Waals surface area contributed by atoms with Crippen LogP contribution >= 0.6 is 35.0 Å². The predicted octanol–water partition coefficient (Wildman–Crippen LogP) is 6.74. The van der Waals surface area contributed by atoms with Crippen LogP contribution in [-0.4, -0.2) is 11.1 Å². The fourth-order valence-electron chi connectivity index (χ4n) is 2.48. The van der Waals surface area contributed by atoms with E-state index in [9.17, 15) is 10.1 Å². The van der Waals surface area contributed by atoms with Gasteiger partial charge in [0.25, 0.3) is 5.69 Å². The van der Waals surface area contributed by atoms with Crippen molar-refractivity contribution >= 4 is 46.9 Å². The highest BCUT2D eigenvalue weighted by atomic mass is 35.5. The highest BCUT2D eigenvalue weighted by molar-refractivity contribution is 7.98. The lowest BCUT2D eigenvalue weighted by Crippen LogP contribution is -1.94. The van der Waals surface area contributed by atoms with Crippen LogP contribution in [-0.2, 0) is 17.2 Å². The van der Waals surface area contributed by atoms with Crippen molar-refractivity contribution in [1.82, 2.24) is 0 Å². The van der Waals surface area contributed by atoms with Crippen LogP contribution in [0.25, 0.3) is 0 Å². The van der Waals surface area contributed by atoms with Gasteiger partial charge in [-0.3, -0.25) is 10.1 Å². The van der Waals surface area contributed by atoms with Gasteiger partial charge in [0.1, 0.15) is 6.61 Å². The molecule has 0 N–H and O–H groups in total. The summed E-state index contributed by atoms with van der Waals surface area (Å²) < 4.78 is 0. The zero-order valence-corrected chi connectivity index (χ0v) is 17.5. The van der Waals surface area contributed by atoms with Crippen LogP contribution < -0.4 is 0 Å². The first-order valence-corrected chi connectivity index (χ1v) is 10.3. The van der Waals surface area contributed by atoms with E-state index in [0.29, 0.717) is 31.8 Å². The molecule has 0 fully saturated rings. The van der Waals surface area contributed by atoms with E-state index >= 15 is 0 Å². The number of oxime groups is 1. The van der Waals surface area contributed by atoms with Gasteiger partial charge in [0, 0.05) is 33.0 Å². The van der Waals surface area contributed by atoms with Crippen molar-refractivity contribution in [3.05, 3.63) is 104 Å². The number of benzene rings is 3. The zero-order valence-electron chi connectivity index (χ0n) is 15.1. The van der Waals surface area contributed by atoms with E-state index in [0.717, 1.165) is 5.56 Å². The summed E-state index contributed by atoms with van der Waals surface area (Å²) in [7, 11) is 0. The molecular formula is C21H16Cl2N2O3S. The van der Waals surface area contributed by atoms with Crippen LogP contribution in [0.3, 0.4) is 0 Å². The summed E-state index contributed by atoms with van der Waals surface area (Å²) >= 11 is 13.6. The van der Waals surface area contributed by atoms with Crippen LogP contribution in [0.15, 0.2) is 76.8 Å². The van der Waals surface area contributed by atoms with Gasteiger partial charge in [-0.2, -0.15) is 0 Å². The molecule has 0 bridgehead atoms. The van der Waals surface area contributed by atoms with Crippen LogP contribution in [0, 0.1) is 10.1 Å². The minimum absolute atomic E-state index is 0.0315. The number of rotatable bonds is 8. The summed E-state index contributed by atoms with van der Waals surface area (Å²) in [6.45, 7) is 0.0993. The lowest BCUT2D eigenvalue weighted by Gasteiger charge is -2.05. The molecule has 0 aliphatic rings. The first-order chi connectivity index (χ1) is 14.0. The molecule has 3 aromatic carbocycles. The van der Waals surface area contributed by atoms with Crippen LogP contribution in [0.1, 0.15) is 16.7 Å². The van der Waals surface area contributed by atoms with Crippen molar-refractivity contribution in [3.63, 3.8) is 0 Å². The Balaban J connectivity index is 1.66. The van der Waals surface area contributed by atoms with E-state index in [-0.39, 0.29) is 12.3 Å². The Bertz CT molecular complexity index is 1010. The Morgan fingerprint density at radius 2 is 1.76 bits per heavy atom. The maximum Gasteiger partial charge on any atom is 0.283 e. The van der Waals surface area contributed by atoms with Crippen LogP contribution in [0.4, 0.5) is 5.69 Å². The Labute approximate surface area is 182 Å². The summed E-state index contributed by atoms with van der Waals surface area (Å²) in [6.07, 6.45) is 1.42. The smallest absolute Gasteiger partial charge is 0.283 e. The highest BCUT2D eigenvalue weighted by Crippen LogP contribution is 2.32. The van der Waals surface area contributed by atoms with E-state index in [4.69, 9.17) is 28.0 Å². The van der Waals surface area contributed by atoms with E-state index in [1.54, 1.807) is 30.3 Å². The first-order valence-electron chi connectivity index (χ1n) is 8.58. The number of thioether (sulfide) groups is 1. The molecule has 8 heteroatoms. The summed E-state index contributed by atoms with van der Waals surface area (Å²) in [5.74, 6) is 0.650. The fourth-order valence-corrected chi connectivity index (χ4v) is 3.95. The number of halogens is 2. The van der Waals surface area contributed by atoms with Gasteiger partial charge in [0.05, 0.1) is 16.0 Å². The van der Waals surface area contributed by atoms with Gasteiger partial charge in [-0.05, 0) is 23.8 Å². The molecule has 0 aromatic heterocycles. The van der Waals surface area contributed by atoms with Crippen LogP contribution in [0.2, 0.25) is 10.0 Å². The molecule has 3 aromatic rings. The predicted molar refractivity (Wildman–Crippen MR) is 118 cm³/mol. The van der Waals surface area contributed by atoms with E-state index < -0.39 is 4.92 Å². The molecule has 0 heterocycles. The third-order valence-corrected chi connectivity index (χ3v) is 5.81. The summed E-state index contributed by atoms with van der Waals surface area (Å²) in [5, 5.41) is 16.3. The van der Waals surface area contributed by atoms with Gasteiger partial charge in [-0.25, -0.2) is 0 Å². The number of hydrogen-bond acceptors (Lipinski definition) is 5. The second-order valence-corrected chi connectivity index (χ2v) is 7.80. The Morgan fingerprint density at radius 3 is 2.45 bits per heavy atom. The molecule has 3 rings (SSSR count). The lowest BCUT2D eigenvalue weighted by atomic mass is 10.2. The van der Waals surface area contributed by atoms with Gasteiger partial charge in [-0.1, -0.05) is 70.8 Å². The van der Waals surface area contributed by atoms with E-state index in [1.807, 2.05) is 30.3 Å². The third kappa shape index (κ3) is 5.97. The topological polar surface area (TPSA) is 64.7 Å². The van der Waals surface area contributed by atoms with Crippen molar-refractivity contribution < 1.29 is 9.76 Å². The molecular weight excluding hydrogens is 431 g/mol. The normalized spacial score (nSPS) is 11.0. The molecule has 0 spiro atoms. The fraction of sp³-hybridized carbons (Fsp3) is 0.0952. The average molecular weight is 447 g/mol. The minimum atomic E-state index is -0.394. The second kappa shape index (κ2) is 10.3. The molecule has 0 amide bonds. The summed E-state index contributed by atoms with van der Waals surface area (Å²) in [6, 6.07) is 19.9. The maximum atomic E-state index is 11.5. The SMILES string of the molecule is O=[N+]([O-])c1cc(/C=N\OCc2c(Cl)cccc2Cl)ccc1SCc1ccccc1. The second-order valence-electron chi connectivity index (χ2n) is 5.97. The quantitative estimate of drug-likeness (QED) is 0.166. The number of nitro benzene ring substituents is 1. The molecule has 29 heavy (non-hydrogen) atoms. The van der Waals surface area contributed by atoms with E-state index in [1.165, 1.54) is 24.0 Å². The van der Waals surface area contributed by atoms with Crippen molar-refractivity contribution in [2.24, 2.45) is 5.16 Å². The number of nitrogens with zero attached hydrogens (tertiary/aromatic N) is 2. The van der Waals surface area contributed by atoms with Crippen molar-refractivity contribution in [1.29, 1.82) is 0 Å². The molecule has 148 valence electrons. The highest BCUT2D eigenvalue weighted by Gasteiger charge is 2.15. The third-order valence-electron chi connectivity index (χ3n) is 3.96. The van der Waals surface area contributed by atoms with Crippen molar-refractivity contribution in [2.45, 2.75) is 17.3 Å². The Kier molecular flexibility index (Phi) is 7.52. The minimum Gasteiger partial charge on any atom is -0.391 e. The molecule has 0 atom stereocenters. The zero-order chi connectivity index (χ0) is 20.6. The van der Waals surface area contributed by atoms with Crippen molar-refractivity contribution in [3.8, 4) is 0 Å². The number of hydrogen-bond donors (Lipinski definition) is 0. The molecule has 0 unspecified atom stereocenters. The van der Waals surface area contributed by atoms with Crippen LogP contribution in [0.5, 0.6) is 0 Å². The van der Waals surface area contributed by atoms with E-state index in [2.05, 4.69) is 5.16 Å². The molecule has 0 saturated carbocycles. The maximum absolute atomic E-state index is 11.5. The summed E-state index contributed by atoms with van der Waals surface area (Å²) in [5.41, 5.74) is 2.32. The standard InChI is InChI=1S/C21H16Cl2N2O3S/c22-18-7-4-8-19(23)17(18)13-28-24-12-16-9-10-21(20(11-16)25(26)27)29-14-15-5-2-1-3-6-15/h1-12H,13-14H2/b24-12-. The first kappa shape index (κ1) is 21.2. The Morgan fingerprint density at radius 1 is 1.03 bits per heavy atom. The number of nitro groups is 1. The largest absolute Gasteiger partial charge is 0.391 e. The molecule has 0 aliphatic carbocycles. The van der Waals surface area contributed by atoms with Gasteiger partial charge >= 0.3 is 0 Å². The van der Waals surface area contributed by atoms with Gasteiger partial charge in [-0.15, -0.1) is 11.8 Å². The Hall–Kier alpha value is -2.54.